The number of rotatable bonds is 11. The number of carbonyl (C=O) groups is 2. The topological polar surface area (TPSA) is 95.7 Å². The van der Waals surface area contributed by atoms with Gasteiger partial charge in [-0.1, -0.05) is 54.6 Å². The fourth-order valence-electron chi connectivity index (χ4n) is 6.97. The van der Waals surface area contributed by atoms with Gasteiger partial charge < -0.3 is 14.6 Å². The first kappa shape index (κ1) is 38.3. The molecule has 0 aliphatic carbocycles. The van der Waals surface area contributed by atoms with Crippen LogP contribution in [0.15, 0.2) is 95.8 Å². The summed E-state index contributed by atoms with van der Waals surface area (Å²) < 4.78 is 69.2. The monoisotopic (exact) mass is 746 g/mol. The van der Waals surface area contributed by atoms with Crippen molar-refractivity contribution in [2.75, 3.05) is 13.1 Å². The Balaban J connectivity index is 1.30. The van der Waals surface area contributed by atoms with Crippen molar-refractivity contribution in [3.8, 4) is 11.1 Å². The summed E-state index contributed by atoms with van der Waals surface area (Å²) in [6.45, 7) is 4.12. The van der Waals surface area contributed by atoms with Crippen LogP contribution in [0.5, 0.6) is 0 Å². The average Bonchev–Trinajstić information content (AvgIpc) is 3.14. The zero-order valence-corrected chi connectivity index (χ0v) is 29.7. The van der Waals surface area contributed by atoms with Crippen molar-refractivity contribution in [2.24, 2.45) is 0 Å². The Morgan fingerprint density at radius 2 is 1.50 bits per heavy atom. The molecule has 8 nitrogen and oxygen atoms in total. The SMILES string of the molecule is CC(C)(C(=O)O)N1CCC(N(Cc2ccc(-c3ccc(C(F)(F)F)cc3)cc2)C(=O)Cn2c(CCc3ccc(F)cc3F)nc(=O)c3ccccc32)CC1. The first-order chi connectivity index (χ1) is 25.6. The van der Waals surface area contributed by atoms with Crippen LogP contribution in [0.3, 0.4) is 0 Å². The van der Waals surface area contributed by atoms with E-state index in [0.717, 1.165) is 29.8 Å². The quantitative estimate of drug-likeness (QED) is 0.141. The number of alkyl halides is 3. The number of piperidine rings is 1. The van der Waals surface area contributed by atoms with Gasteiger partial charge in [-0.15, -0.1) is 0 Å². The van der Waals surface area contributed by atoms with E-state index < -0.39 is 40.4 Å². The standard InChI is InChI=1S/C41H39F5N4O4/c1-40(2,39(53)54)48-21-19-32(20-22-48)49(24-26-7-9-27(10-8-26)28-11-15-30(16-12-28)41(44,45)46)37(51)25-50-35-6-4-3-5-33(35)38(52)47-36(50)18-14-29-13-17-31(42)23-34(29)43/h3-13,15-17,23,32H,14,18-22,24-25H2,1-2H3,(H,53,54). The number of carboxylic acids is 1. The Labute approximate surface area is 308 Å². The molecule has 1 saturated heterocycles. The number of likely N-dealkylation sites (tertiary alicyclic amines) is 1. The number of hydrogen-bond acceptors (Lipinski definition) is 5. The van der Waals surface area contributed by atoms with E-state index in [4.69, 9.17) is 0 Å². The normalized spacial score (nSPS) is 14.4. The summed E-state index contributed by atoms with van der Waals surface area (Å²) in [5.41, 5.74) is 0.418. The van der Waals surface area contributed by atoms with Crippen LogP contribution in [0, 0.1) is 11.6 Å². The molecule has 1 amide bonds. The van der Waals surface area contributed by atoms with Gasteiger partial charge in [-0.3, -0.25) is 19.3 Å². The summed E-state index contributed by atoms with van der Waals surface area (Å²) in [6.07, 6.45) is -3.28. The summed E-state index contributed by atoms with van der Waals surface area (Å²) in [7, 11) is 0. The molecule has 0 bridgehead atoms. The van der Waals surface area contributed by atoms with Crippen molar-refractivity contribution in [1.82, 2.24) is 19.4 Å². The highest BCUT2D eigenvalue weighted by molar-refractivity contribution is 5.82. The minimum absolute atomic E-state index is 0.0873. The van der Waals surface area contributed by atoms with Crippen molar-refractivity contribution in [3.63, 3.8) is 0 Å². The average molecular weight is 747 g/mol. The summed E-state index contributed by atoms with van der Waals surface area (Å²) in [4.78, 5) is 47.6. The van der Waals surface area contributed by atoms with Gasteiger partial charge in [0.25, 0.3) is 5.56 Å². The fraction of sp³-hybridized carbons (Fsp3) is 0.317. The van der Waals surface area contributed by atoms with Gasteiger partial charge in [-0.25, -0.2) is 8.78 Å². The van der Waals surface area contributed by atoms with E-state index in [1.807, 2.05) is 17.0 Å². The third kappa shape index (κ3) is 8.36. The van der Waals surface area contributed by atoms with Crippen LogP contribution in [-0.2, 0) is 41.7 Å². The van der Waals surface area contributed by atoms with E-state index in [1.165, 1.54) is 18.2 Å². The number of benzene rings is 4. The van der Waals surface area contributed by atoms with Crippen molar-refractivity contribution in [2.45, 2.75) is 70.4 Å². The minimum atomic E-state index is -4.45. The van der Waals surface area contributed by atoms with E-state index in [1.54, 1.807) is 59.7 Å². The predicted molar refractivity (Wildman–Crippen MR) is 194 cm³/mol. The van der Waals surface area contributed by atoms with Gasteiger partial charge in [0.05, 0.1) is 16.5 Å². The third-order valence-electron chi connectivity index (χ3n) is 10.3. The van der Waals surface area contributed by atoms with Crippen molar-refractivity contribution in [3.05, 3.63) is 135 Å². The van der Waals surface area contributed by atoms with E-state index in [-0.39, 0.29) is 49.3 Å². The summed E-state index contributed by atoms with van der Waals surface area (Å²) >= 11 is 0. The number of aliphatic carboxylic acids is 1. The third-order valence-corrected chi connectivity index (χ3v) is 10.3. The van der Waals surface area contributed by atoms with Gasteiger partial charge in [0.15, 0.2) is 0 Å². The van der Waals surface area contributed by atoms with Crippen molar-refractivity contribution >= 4 is 22.8 Å². The maximum Gasteiger partial charge on any atom is 0.416 e. The number of hydrogen-bond donors (Lipinski definition) is 1. The summed E-state index contributed by atoms with van der Waals surface area (Å²) in [6, 6.07) is 21.8. The number of nitrogens with zero attached hydrogens (tertiary/aromatic N) is 4. The lowest BCUT2D eigenvalue weighted by molar-refractivity contribution is -0.151. The summed E-state index contributed by atoms with van der Waals surface area (Å²) in [5, 5.41) is 10.1. The van der Waals surface area contributed by atoms with E-state index in [0.29, 0.717) is 48.0 Å². The first-order valence-corrected chi connectivity index (χ1v) is 17.6. The molecule has 1 aliphatic heterocycles. The Morgan fingerprint density at radius 1 is 0.870 bits per heavy atom. The second-order valence-corrected chi connectivity index (χ2v) is 14.0. The molecule has 0 unspecified atom stereocenters. The van der Waals surface area contributed by atoms with Gasteiger partial charge in [0, 0.05) is 38.2 Å². The van der Waals surface area contributed by atoms with Gasteiger partial charge in [-0.2, -0.15) is 18.2 Å². The molecule has 0 atom stereocenters. The molecule has 1 fully saturated rings. The first-order valence-electron chi connectivity index (χ1n) is 17.6. The highest BCUT2D eigenvalue weighted by atomic mass is 19.4. The van der Waals surface area contributed by atoms with Crippen LogP contribution >= 0.6 is 0 Å². The molecule has 1 aromatic heterocycles. The number of carbonyl (C=O) groups excluding carboxylic acids is 1. The molecule has 282 valence electrons. The lowest BCUT2D eigenvalue weighted by atomic mass is 9.95. The van der Waals surface area contributed by atoms with Crippen LogP contribution < -0.4 is 5.56 Å². The van der Waals surface area contributed by atoms with Crippen molar-refractivity contribution in [1.29, 1.82) is 0 Å². The molecule has 13 heteroatoms. The maximum atomic E-state index is 14.6. The van der Waals surface area contributed by atoms with Crippen LogP contribution in [-0.4, -0.2) is 61.0 Å². The van der Waals surface area contributed by atoms with Crippen LogP contribution in [0.2, 0.25) is 0 Å². The number of aromatic nitrogens is 2. The number of fused-ring (bicyclic) bond motifs is 1. The lowest BCUT2D eigenvalue weighted by Gasteiger charge is -2.43. The number of amides is 1. The van der Waals surface area contributed by atoms with Crippen molar-refractivity contribution < 1.29 is 36.6 Å². The smallest absolute Gasteiger partial charge is 0.416 e. The molecule has 0 radical (unpaired) electrons. The Morgan fingerprint density at radius 3 is 2.11 bits per heavy atom. The van der Waals surface area contributed by atoms with Crippen LogP contribution in [0.25, 0.3) is 22.0 Å². The largest absolute Gasteiger partial charge is 0.480 e. The molecule has 2 heterocycles. The molecule has 1 aliphatic rings. The molecule has 5 aromatic rings. The summed E-state index contributed by atoms with van der Waals surface area (Å²) in [5.74, 6) is -2.42. The highest BCUT2D eigenvalue weighted by Gasteiger charge is 2.38. The molecule has 0 spiro atoms. The number of para-hydroxylation sites is 1. The lowest BCUT2D eigenvalue weighted by Crippen LogP contribution is -2.56. The van der Waals surface area contributed by atoms with Crippen LogP contribution in [0.4, 0.5) is 22.0 Å². The van der Waals surface area contributed by atoms with E-state index >= 15 is 0 Å². The number of carboxylic acid groups (broad SMARTS) is 1. The molecule has 6 rings (SSSR count). The van der Waals surface area contributed by atoms with Gasteiger partial charge in [0.1, 0.15) is 29.5 Å². The van der Waals surface area contributed by atoms with Gasteiger partial charge in [-0.05, 0) is 85.7 Å². The molecular weight excluding hydrogens is 707 g/mol. The minimum Gasteiger partial charge on any atom is -0.480 e. The van der Waals surface area contributed by atoms with Gasteiger partial charge >= 0.3 is 12.1 Å². The Kier molecular flexibility index (Phi) is 11.0. The van der Waals surface area contributed by atoms with Gasteiger partial charge in [0.2, 0.25) is 5.91 Å². The van der Waals surface area contributed by atoms with E-state index in [9.17, 15) is 41.4 Å². The highest BCUT2D eigenvalue weighted by Crippen LogP contribution is 2.32. The molecule has 4 aromatic carbocycles. The van der Waals surface area contributed by atoms with Crippen LogP contribution in [0.1, 0.15) is 49.2 Å². The molecule has 1 N–H and O–H groups in total. The molecule has 54 heavy (non-hydrogen) atoms. The predicted octanol–water partition coefficient (Wildman–Crippen LogP) is 7.50. The van der Waals surface area contributed by atoms with E-state index in [2.05, 4.69) is 4.98 Å². The number of halogens is 5. The zero-order chi connectivity index (χ0) is 38.8. The fourth-order valence-corrected chi connectivity index (χ4v) is 6.97. The number of aryl methyl sites for hydroxylation is 2. The Bertz CT molecular complexity index is 2210. The zero-order valence-electron chi connectivity index (χ0n) is 29.7. The molecule has 0 saturated carbocycles. The second kappa shape index (κ2) is 15.5. The maximum absolute atomic E-state index is 14.6. The Hall–Kier alpha value is -5.43. The molecular formula is C41H39F5N4O4. The second-order valence-electron chi connectivity index (χ2n) is 14.0.